The number of H-pyrrole nitrogens is 1. The Balaban J connectivity index is 1.49. The van der Waals surface area contributed by atoms with Gasteiger partial charge in [0, 0.05) is 22.9 Å². The summed E-state index contributed by atoms with van der Waals surface area (Å²) in [6.45, 7) is 5.45. The van der Waals surface area contributed by atoms with Crippen molar-refractivity contribution in [2.24, 2.45) is 0 Å². The Hall–Kier alpha value is -4.35. The second-order valence-corrected chi connectivity index (χ2v) is 9.92. The van der Waals surface area contributed by atoms with Crippen LogP contribution in [0.2, 0.25) is 5.15 Å². The van der Waals surface area contributed by atoms with Crippen LogP contribution in [0, 0.1) is 13.8 Å². The molecule has 0 aliphatic rings. The molecule has 10 nitrogen and oxygen atoms in total. The summed E-state index contributed by atoms with van der Waals surface area (Å²) in [5.74, 6) is 0.0498. The third-order valence-corrected chi connectivity index (χ3v) is 7.03. The van der Waals surface area contributed by atoms with Crippen molar-refractivity contribution in [3.63, 3.8) is 0 Å². The van der Waals surface area contributed by atoms with Crippen molar-refractivity contribution < 1.29 is 13.7 Å². The second kappa shape index (κ2) is 9.19. The molecule has 0 saturated heterocycles. The van der Waals surface area contributed by atoms with Crippen LogP contribution in [0.15, 0.2) is 60.6 Å². The Labute approximate surface area is 222 Å². The van der Waals surface area contributed by atoms with E-state index in [1.54, 1.807) is 36.8 Å². The molecule has 1 N–H and O–H groups in total. The molecule has 12 heteroatoms. The summed E-state index contributed by atoms with van der Waals surface area (Å²) in [5.41, 5.74) is 5.53. The number of nitrogens with zero attached hydrogens (tertiary/aromatic N) is 4. The van der Waals surface area contributed by atoms with E-state index in [4.69, 9.17) is 20.8 Å². The molecule has 6 aromatic rings. The zero-order valence-electron chi connectivity index (χ0n) is 20.2. The molecule has 0 radical (unpaired) electrons. The van der Waals surface area contributed by atoms with E-state index in [1.165, 1.54) is 11.3 Å². The van der Waals surface area contributed by atoms with Gasteiger partial charge in [-0.05, 0) is 56.7 Å². The van der Waals surface area contributed by atoms with Gasteiger partial charge in [0.2, 0.25) is 5.82 Å². The first-order chi connectivity index (χ1) is 18.3. The van der Waals surface area contributed by atoms with Gasteiger partial charge in [-0.1, -0.05) is 16.8 Å². The fraction of sp³-hybridized carbons (Fsp3) is 0.154. The maximum absolute atomic E-state index is 13.5. The van der Waals surface area contributed by atoms with Crippen molar-refractivity contribution >= 4 is 44.3 Å². The molecule has 190 valence electrons. The maximum atomic E-state index is 13.5. The van der Waals surface area contributed by atoms with Gasteiger partial charge < -0.3 is 9.15 Å². The molecule has 0 spiro atoms. The number of hydrogen-bond acceptors (Lipinski definition) is 10. The molecule has 0 bridgehead atoms. The second-order valence-electron chi connectivity index (χ2n) is 8.70. The highest BCUT2D eigenvalue weighted by Crippen LogP contribution is 2.35. The zero-order chi connectivity index (χ0) is 26.6. The van der Waals surface area contributed by atoms with Gasteiger partial charge >= 0.3 is 5.76 Å². The van der Waals surface area contributed by atoms with Gasteiger partial charge in [-0.15, -0.1) is 11.3 Å². The monoisotopic (exact) mass is 547 g/mol. The molecule has 1 aromatic carbocycles. The summed E-state index contributed by atoms with van der Waals surface area (Å²) in [5, 5.41) is 4.32. The van der Waals surface area contributed by atoms with E-state index in [-0.39, 0.29) is 22.1 Å². The van der Waals surface area contributed by atoms with Crippen molar-refractivity contribution in [2.45, 2.75) is 26.9 Å². The summed E-state index contributed by atoms with van der Waals surface area (Å²) in [6.07, 6.45) is 1.08. The number of fused-ring (bicyclic) bond motifs is 2. The fourth-order valence-electron chi connectivity index (χ4n) is 4.30. The molecular formula is C26H18ClN5O5S. The highest BCUT2D eigenvalue weighted by Gasteiger charge is 2.22. The minimum absolute atomic E-state index is 0.0724. The van der Waals surface area contributed by atoms with Gasteiger partial charge in [-0.25, -0.2) is 19.7 Å². The van der Waals surface area contributed by atoms with Gasteiger partial charge in [-0.3, -0.25) is 14.3 Å². The number of halogens is 1. The lowest BCUT2D eigenvalue weighted by Crippen LogP contribution is -2.12. The topological polar surface area (TPSA) is 137 Å². The summed E-state index contributed by atoms with van der Waals surface area (Å²) >= 11 is 7.52. The number of pyridine rings is 2. The van der Waals surface area contributed by atoms with Gasteiger partial charge in [0.1, 0.15) is 38.7 Å². The van der Waals surface area contributed by atoms with Crippen LogP contribution in [0.5, 0.6) is 5.75 Å². The quantitative estimate of drug-likeness (QED) is 0.273. The normalized spacial score (nSPS) is 12.3. The van der Waals surface area contributed by atoms with E-state index in [0.29, 0.717) is 39.2 Å². The van der Waals surface area contributed by atoms with Crippen molar-refractivity contribution in [2.75, 3.05) is 0 Å². The minimum atomic E-state index is -0.736. The lowest BCUT2D eigenvalue weighted by atomic mass is 10.00. The SMILES string of the molecule is Cc1cc([C@@H](C)Oc2ccc(Cl)nc2-c2noc(=O)[nH]2)c2oc(-c3cnc4scnc4c3)c(C)c(=O)c2c1. The molecule has 0 fully saturated rings. The molecule has 0 aliphatic heterocycles. The van der Waals surface area contributed by atoms with Crippen LogP contribution in [-0.2, 0) is 0 Å². The van der Waals surface area contributed by atoms with Gasteiger partial charge in [0.15, 0.2) is 11.1 Å². The predicted octanol–water partition coefficient (Wildman–Crippen LogP) is 5.61. The number of nitrogens with one attached hydrogen (secondary N) is 1. The molecule has 0 unspecified atom stereocenters. The predicted molar refractivity (Wildman–Crippen MR) is 143 cm³/mol. The number of thiazole rings is 1. The van der Waals surface area contributed by atoms with Gasteiger partial charge in [-0.2, -0.15) is 0 Å². The summed E-state index contributed by atoms with van der Waals surface area (Å²) in [4.78, 5) is 41.3. The van der Waals surface area contributed by atoms with E-state index < -0.39 is 11.9 Å². The summed E-state index contributed by atoms with van der Waals surface area (Å²) < 4.78 is 17.3. The van der Waals surface area contributed by atoms with Crippen molar-refractivity contribution in [1.82, 2.24) is 25.1 Å². The zero-order valence-corrected chi connectivity index (χ0v) is 21.8. The van der Waals surface area contributed by atoms with Crippen molar-refractivity contribution in [3.8, 4) is 28.6 Å². The summed E-state index contributed by atoms with van der Waals surface area (Å²) in [6, 6.07) is 8.73. The van der Waals surface area contributed by atoms with E-state index in [1.807, 2.05) is 26.0 Å². The standard InChI is InChI=1S/C26H18ClN5O5S/c1-11-6-15(13(3)35-18-4-5-19(27)30-20(18)24-31-26(34)37-32-24)23-16(7-11)21(33)12(2)22(36-23)14-8-17-25(28-9-14)38-10-29-17/h4-10,13H,1-3H3,(H,31,32,34)/t13-/m1/s1. The third kappa shape index (κ3) is 4.15. The van der Waals surface area contributed by atoms with E-state index in [2.05, 4.69) is 29.6 Å². The van der Waals surface area contributed by atoms with Crippen LogP contribution in [0.1, 0.15) is 29.7 Å². The number of benzene rings is 1. The van der Waals surface area contributed by atoms with Crippen LogP contribution in [0.3, 0.4) is 0 Å². The number of rotatable bonds is 5. The van der Waals surface area contributed by atoms with Crippen molar-refractivity contribution in [3.05, 3.63) is 84.7 Å². The smallest absolute Gasteiger partial charge is 0.439 e. The minimum Gasteiger partial charge on any atom is -0.483 e. The molecule has 0 aliphatic carbocycles. The molecule has 5 aromatic heterocycles. The largest absolute Gasteiger partial charge is 0.483 e. The maximum Gasteiger partial charge on any atom is 0.439 e. The lowest BCUT2D eigenvalue weighted by molar-refractivity contribution is 0.227. The third-order valence-electron chi connectivity index (χ3n) is 6.07. The highest BCUT2D eigenvalue weighted by molar-refractivity contribution is 7.16. The Bertz CT molecular complexity index is 1980. The number of aromatic amines is 1. The molecule has 6 rings (SSSR count). The Morgan fingerprint density at radius 1 is 1.13 bits per heavy atom. The first-order valence-corrected chi connectivity index (χ1v) is 12.7. The van der Waals surface area contributed by atoms with Crippen LogP contribution in [0.25, 0.3) is 44.2 Å². The molecule has 1 atom stereocenters. The van der Waals surface area contributed by atoms with Crippen LogP contribution in [0.4, 0.5) is 0 Å². The average molecular weight is 548 g/mol. The molecule has 5 heterocycles. The number of hydrogen-bond donors (Lipinski definition) is 1. The van der Waals surface area contributed by atoms with E-state index >= 15 is 0 Å². The molecule has 0 saturated carbocycles. The van der Waals surface area contributed by atoms with Crippen LogP contribution >= 0.6 is 22.9 Å². The van der Waals surface area contributed by atoms with E-state index in [0.717, 1.165) is 15.9 Å². The van der Waals surface area contributed by atoms with Gasteiger partial charge in [0.25, 0.3) is 0 Å². The Kier molecular flexibility index (Phi) is 5.81. The first kappa shape index (κ1) is 24.0. The van der Waals surface area contributed by atoms with Crippen molar-refractivity contribution in [1.29, 1.82) is 0 Å². The fourth-order valence-corrected chi connectivity index (χ4v) is 5.06. The summed E-state index contributed by atoms with van der Waals surface area (Å²) in [7, 11) is 0. The molecule has 38 heavy (non-hydrogen) atoms. The lowest BCUT2D eigenvalue weighted by Gasteiger charge is -2.19. The molecule has 0 amide bonds. The van der Waals surface area contributed by atoms with Gasteiger partial charge in [0.05, 0.1) is 10.9 Å². The van der Waals surface area contributed by atoms with Crippen LogP contribution < -0.4 is 15.9 Å². The highest BCUT2D eigenvalue weighted by atomic mass is 35.5. The number of ether oxygens (including phenoxy) is 1. The Morgan fingerprint density at radius 3 is 2.76 bits per heavy atom. The Morgan fingerprint density at radius 2 is 1.97 bits per heavy atom. The number of aromatic nitrogens is 5. The molecular weight excluding hydrogens is 530 g/mol. The number of aryl methyl sites for hydroxylation is 1. The average Bonchev–Trinajstić information content (AvgIpc) is 3.55. The van der Waals surface area contributed by atoms with E-state index in [9.17, 15) is 9.59 Å². The first-order valence-electron chi connectivity index (χ1n) is 11.5. The van der Waals surface area contributed by atoms with Crippen LogP contribution in [-0.4, -0.2) is 25.1 Å².